The van der Waals surface area contributed by atoms with Gasteiger partial charge in [0.2, 0.25) is 0 Å². The van der Waals surface area contributed by atoms with Crippen LogP contribution in [0.15, 0.2) is 36.4 Å². The van der Waals surface area contributed by atoms with Gasteiger partial charge < -0.3 is 19.5 Å². The molecule has 8 heteroatoms. The van der Waals surface area contributed by atoms with Crippen molar-refractivity contribution in [3.05, 3.63) is 52.0 Å². The van der Waals surface area contributed by atoms with Gasteiger partial charge in [0.15, 0.2) is 18.1 Å². The first kappa shape index (κ1) is 20.9. The number of anilines is 1. The summed E-state index contributed by atoms with van der Waals surface area (Å²) in [4.78, 5) is 24.1. The number of carbonyl (C=O) groups excluding carboxylic acids is 2. The number of carbonyl (C=O) groups is 2. The van der Waals surface area contributed by atoms with E-state index in [1.54, 1.807) is 24.3 Å². The molecule has 1 amide bonds. The van der Waals surface area contributed by atoms with Crippen molar-refractivity contribution < 1.29 is 23.8 Å². The fourth-order valence-electron chi connectivity index (χ4n) is 2.19. The van der Waals surface area contributed by atoms with Crippen molar-refractivity contribution in [1.82, 2.24) is 0 Å². The van der Waals surface area contributed by atoms with Crippen LogP contribution in [0.2, 0.25) is 10.0 Å². The van der Waals surface area contributed by atoms with Crippen molar-refractivity contribution in [1.29, 1.82) is 0 Å². The van der Waals surface area contributed by atoms with Gasteiger partial charge in [0.1, 0.15) is 0 Å². The standard InChI is InChI=1S/C19H19Cl2NO5/c1-3-25-16-8-6-13(10-17(16)26-4-2)22-18(23)11-27-19(24)14-9-12(20)5-7-15(14)21/h5-10H,3-4,11H2,1-2H3,(H,22,23). The molecule has 144 valence electrons. The number of nitrogens with one attached hydrogen (secondary N) is 1. The van der Waals surface area contributed by atoms with Gasteiger partial charge in [-0.15, -0.1) is 0 Å². The number of ether oxygens (including phenoxy) is 3. The van der Waals surface area contributed by atoms with E-state index in [-0.39, 0.29) is 10.6 Å². The smallest absolute Gasteiger partial charge is 0.340 e. The SMILES string of the molecule is CCOc1ccc(NC(=O)COC(=O)c2cc(Cl)ccc2Cl)cc1OCC. The quantitative estimate of drug-likeness (QED) is 0.643. The maximum absolute atomic E-state index is 12.1. The summed E-state index contributed by atoms with van der Waals surface area (Å²) in [6, 6.07) is 9.42. The Morgan fingerprint density at radius 2 is 1.67 bits per heavy atom. The van der Waals surface area contributed by atoms with Crippen LogP contribution < -0.4 is 14.8 Å². The van der Waals surface area contributed by atoms with Crippen LogP contribution in [0.5, 0.6) is 11.5 Å². The van der Waals surface area contributed by atoms with E-state index in [0.717, 1.165) is 0 Å². The summed E-state index contributed by atoms with van der Waals surface area (Å²) in [7, 11) is 0. The first-order valence-corrected chi connectivity index (χ1v) is 9.01. The van der Waals surface area contributed by atoms with Crippen molar-refractivity contribution in [3.8, 4) is 11.5 Å². The van der Waals surface area contributed by atoms with Crippen LogP contribution >= 0.6 is 23.2 Å². The van der Waals surface area contributed by atoms with Gasteiger partial charge in [-0.1, -0.05) is 23.2 Å². The van der Waals surface area contributed by atoms with E-state index in [2.05, 4.69) is 5.32 Å². The third-order valence-electron chi connectivity index (χ3n) is 3.31. The molecule has 0 bridgehead atoms. The van der Waals surface area contributed by atoms with Gasteiger partial charge in [-0.2, -0.15) is 0 Å². The van der Waals surface area contributed by atoms with Crippen LogP contribution in [0.25, 0.3) is 0 Å². The third kappa shape index (κ3) is 6.05. The summed E-state index contributed by atoms with van der Waals surface area (Å²) >= 11 is 11.8. The topological polar surface area (TPSA) is 73.9 Å². The molecule has 0 unspecified atom stereocenters. The van der Waals surface area contributed by atoms with Crippen LogP contribution in [0.3, 0.4) is 0 Å². The van der Waals surface area contributed by atoms with Gasteiger partial charge in [-0.05, 0) is 44.2 Å². The van der Waals surface area contributed by atoms with Gasteiger partial charge in [-0.3, -0.25) is 4.79 Å². The first-order valence-electron chi connectivity index (χ1n) is 8.26. The predicted molar refractivity (Wildman–Crippen MR) is 104 cm³/mol. The molecule has 0 aliphatic rings. The molecular formula is C19H19Cl2NO5. The first-order chi connectivity index (χ1) is 12.9. The molecule has 2 aromatic rings. The molecule has 1 N–H and O–H groups in total. The number of hydrogen-bond acceptors (Lipinski definition) is 5. The molecule has 0 saturated carbocycles. The van der Waals surface area contributed by atoms with E-state index >= 15 is 0 Å². The zero-order chi connectivity index (χ0) is 19.8. The molecule has 2 aromatic carbocycles. The number of hydrogen-bond donors (Lipinski definition) is 1. The number of halogens is 2. The number of benzene rings is 2. The number of esters is 1. The molecule has 0 spiro atoms. The zero-order valence-electron chi connectivity index (χ0n) is 14.9. The van der Waals surface area contributed by atoms with E-state index < -0.39 is 18.5 Å². The summed E-state index contributed by atoms with van der Waals surface area (Å²) in [6.07, 6.45) is 0. The molecule has 0 aliphatic heterocycles. The highest BCUT2D eigenvalue weighted by atomic mass is 35.5. The summed E-state index contributed by atoms with van der Waals surface area (Å²) in [5.74, 6) is -0.147. The van der Waals surface area contributed by atoms with E-state index in [1.165, 1.54) is 12.1 Å². The molecule has 0 heterocycles. The minimum Gasteiger partial charge on any atom is -0.490 e. The average Bonchev–Trinajstić information content (AvgIpc) is 2.64. The molecule has 27 heavy (non-hydrogen) atoms. The van der Waals surface area contributed by atoms with Crippen LogP contribution in [0.1, 0.15) is 24.2 Å². The minimum absolute atomic E-state index is 0.0941. The largest absolute Gasteiger partial charge is 0.490 e. The average molecular weight is 412 g/mol. The maximum atomic E-state index is 12.1. The third-order valence-corrected chi connectivity index (χ3v) is 3.87. The molecule has 2 rings (SSSR count). The highest BCUT2D eigenvalue weighted by Gasteiger charge is 2.15. The molecule has 0 fully saturated rings. The summed E-state index contributed by atoms with van der Waals surface area (Å²) in [6.45, 7) is 4.19. The second kappa shape index (κ2) is 10.0. The molecule has 0 saturated heterocycles. The highest BCUT2D eigenvalue weighted by molar-refractivity contribution is 6.35. The maximum Gasteiger partial charge on any atom is 0.340 e. The molecule has 0 radical (unpaired) electrons. The Balaban J connectivity index is 1.98. The van der Waals surface area contributed by atoms with Gasteiger partial charge in [0.25, 0.3) is 5.91 Å². The summed E-state index contributed by atoms with van der Waals surface area (Å²) < 4.78 is 16.0. The van der Waals surface area contributed by atoms with Crippen LogP contribution in [-0.2, 0) is 9.53 Å². The van der Waals surface area contributed by atoms with Crippen molar-refractivity contribution in [2.75, 3.05) is 25.1 Å². The van der Waals surface area contributed by atoms with Gasteiger partial charge in [0, 0.05) is 16.8 Å². The monoisotopic (exact) mass is 411 g/mol. The minimum atomic E-state index is -0.737. The molecular weight excluding hydrogens is 393 g/mol. The Morgan fingerprint density at radius 1 is 0.963 bits per heavy atom. The summed E-state index contributed by atoms with van der Waals surface area (Å²) in [5, 5.41) is 3.17. The predicted octanol–water partition coefficient (Wildman–Crippen LogP) is 4.59. The van der Waals surface area contributed by atoms with Gasteiger partial charge >= 0.3 is 5.97 Å². The van der Waals surface area contributed by atoms with Crippen molar-refractivity contribution in [3.63, 3.8) is 0 Å². The van der Waals surface area contributed by atoms with Crippen LogP contribution in [0.4, 0.5) is 5.69 Å². The fourth-order valence-corrected chi connectivity index (χ4v) is 2.56. The lowest BCUT2D eigenvalue weighted by Gasteiger charge is -2.13. The number of rotatable bonds is 8. The Labute approximate surface area is 167 Å². The lowest BCUT2D eigenvalue weighted by Crippen LogP contribution is -2.21. The van der Waals surface area contributed by atoms with Crippen LogP contribution in [-0.4, -0.2) is 31.7 Å². The van der Waals surface area contributed by atoms with Crippen molar-refractivity contribution in [2.24, 2.45) is 0 Å². The Hall–Kier alpha value is -2.44. The molecule has 6 nitrogen and oxygen atoms in total. The number of amides is 1. The summed E-state index contributed by atoms with van der Waals surface area (Å²) in [5.41, 5.74) is 0.584. The van der Waals surface area contributed by atoms with E-state index in [9.17, 15) is 9.59 Å². The Morgan fingerprint density at radius 3 is 2.37 bits per heavy atom. The van der Waals surface area contributed by atoms with E-state index in [4.69, 9.17) is 37.4 Å². The Bertz CT molecular complexity index is 826. The van der Waals surface area contributed by atoms with E-state index in [1.807, 2.05) is 13.8 Å². The highest BCUT2D eigenvalue weighted by Crippen LogP contribution is 2.30. The zero-order valence-corrected chi connectivity index (χ0v) is 16.4. The fraction of sp³-hybridized carbons (Fsp3) is 0.263. The molecule has 0 aliphatic carbocycles. The normalized spacial score (nSPS) is 10.2. The second-order valence-corrected chi connectivity index (χ2v) is 6.12. The Kier molecular flexibility index (Phi) is 7.76. The second-order valence-electron chi connectivity index (χ2n) is 5.28. The van der Waals surface area contributed by atoms with Crippen molar-refractivity contribution >= 4 is 40.8 Å². The van der Waals surface area contributed by atoms with Crippen LogP contribution in [0, 0.1) is 0 Å². The molecule has 0 aromatic heterocycles. The molecule has 0 atom stereocenters. The van der Waals surface area contributed by atoms with Crippen molar-refractivity contribution in [2.45, 2.75) is 13.8 Å². The van der Waals surface area contributed by atoms with E-state index in [0.29, 0.717) is 35.4 Å². The van der Waals surface area contributed by atoms with Gasteiger partial charge in [0.05, 0.1) is 23.8 Å². The lowest BCUT2D eigenvalue weighted by molar-refractivity contribution is -0.119. The lowest BCUT2D eigenvalue weighted by atomic mass is 10.2. The van der Waals surface area contributed by atoms with Gasteiger partial charge in [-0.25, -0.2) is 4.79 Å².